The minimum atomic E-state index is 0.373. The van der Waals surface area contributed by atoms with Crippen LogP contribution >= 0.6 is 0 Å². The molecule has 0 unspecified atom stereocenters. The van der Waals surface area contributed by atoms with Crippen molar-refractivity contribution in [1.29, 1.82) is 0 Å². The average Bonchev–Trinajstić information content (AvgIpc) is 3.19. The van der Waals surface area contributed by atoms with E-state index in [1.54, 1.807) is 6.20 Å². The van der Waals surface area contributed by atoms with Crippen LogP contribution in [0.4, 0.5) is 0 Å². The molecule has 1 aliphatic rings. The summed E-state index contributed by atoms with van der Waals surface area (Å²) < 4.78 is 1.90. The normalized spacial score (nSPS) is 17.8. The smallest absolute Gasteiger partial charge is 0.156 e. The fourth-order valence-corrected chi connectivity index (χ4v) is 3.93. The quantitative estimate of drug-likeness (QED) is 0.550. The largest absolute Gasteiger partial charge is 0.298 e. The van der Waals surface area contributed by atoms with Gasteiger partial charge in [-0.3, -0.25) is 14.9 Å². The summed E-state index contributed by atoms with van der Waals surface area (Å²) in [6.07, 6.45) is 11.7. The van der Waals surface area contributed by atoms with Crippen molar-refractivity contribution < 1.29 is 0 Å². The van der Waals surface area contributed by atoms with Crippen molar-refractivity contribution in [1.82, 2.24) is 29.5 Å². The van der Waals surface area contributed by atoms with Gasteiger partial charge in [0.15, 0.2) is 11.5 Å². The van der Waals surface area contributed by atoms with E-state index in [1.165, 1.54) is 12.0 Å². The molecule has 140 valence electrons. The maximum atomic E-state index is 4.81. The van der Waals surface area contributed by atoms with Crippen LogP contribution in [0.2, 0.25) is 0 Å². The third kappa shape index (κ3) is 3.51. The number of piperidine rings is 1. The van der Waals surface area contributed by atoms with Crippen LogP contribution in [0.25, 0.3) is 16.8 Å². The zero-order chi connectivity index (χ0) is 18.8. The van der Waals surface area contributed by atoms with Crippen LogP contribution in [0.1, 0.15) is 30.1 Å². The summed E-state index contributed by atoms with van der Waals surface area (Å²) in [5.74, 6) is 1.32. The monoisotopic (exact) mass is 370 g/mol. The maximum Gasteiger partial charge on any atom is 0.156 e. The molecule has 4 aromatic rings. The second-order valence-corrected chi connectivity index (χ2v) is 7.36. The van der Waals surface area contributed by atoms with Gasteiger partial charge in [-0.1, -0.05) is 6.07 Å². The third-order valence-electron chi connectivity index (χ3n) is 5.37. The predicted octanol–water partition coefficient (Wildman–Crippen LogP) is 3.57. The Hall–Kier alpha value is -3.12. The third-order valence-corrected chi connectivity index (χ3v) is 5.37. The molecule has 1 atom stereocenters. The van der Waals surface area contributed by atoms with Gasteiger partial charge in [-0.15, -0.1) is 0 Å². The highest BCUT2D eigenvalue weighted by molar-refractivity contribution is 5.63. The number of hydrogen-bond acceptors (Lipinski definition) is 5. The lowest BCUT2D eigenvalue weighted by atomic mass is 9.97. The molecule has 0 amide bonds. The second kappa shape index (κ2) is 7.48. The van der Waals surface area contributed by atoms with Gasteiger partial charge in [0.25, 0.3) is 0 Å². The van der Waals surface area contributed by atoms with E-state index < -0.39 is 0 Å². The van der Waals surface area contributed by atoms with Crippen molar-refractivity contribution in [3.8, 4) is 11.1 Å². The molecule has 5 heterocycles. The molecule has 1 aliphatic heterocycles. The lowest BCUT2D eigenvalue weighted by Gasteiger charge is -2.31. The molecule has 0 spiro atoms. The first-order valence-corrected chi connectivity index (χ1v) is 9.73. The number of likely N-dealkylation sites (tertiary alicyclic amines) is 1. The van der Waals surface area contributed by atoms with Gasteiger partial charge in [-0.25, -0.2) is 9.50 Å². The molecule has 5 rings (SSSR count). The van der Waals surface area contributed by atoms with E-state index in [4.69, 9.17) is 10.1 Å². The SMILES string of the molecule is c1cncc(-c2ccc3nc([C@@H]4CCCN(Cc5ccncc5)C4)nn3c2)c1. The Kier molecular flexibility index (Phi) is 4.54. The highest BCUT2D eigenvalue weighted by atomic mass is 15.3. The number of nitrogens with zero attached hydrogens (tertiary/aromatic N) is 6. The highest BCUT2D eigenvalue weighted by Gasteiger charge is 2.24. The van der Waals surface area contributed by atoms with Crippen LogP contribution in [0.3, 0.4) is 0 Å². The van der Waals surface area contributed by atoms with Gasteiger partial charge in [-0.2, -0.15) is 5.10 Å². The first-order chi connectivity index (χ1) is 13.8. The summed E-state index contributed by atoms with van der Waals surface area (Å²) in [5.41, 5.74) is 4.39. The molecule has 0 aromatic carbocycles. The minimum absolute atomic E-state index is 0.373. The molecule has 0 radical (unpaired) electrons. The molecule has 0 N–H and O–H groups in total. The Morgan fingerprint density at radius 1 is 0.964 bits per heavy atom. The molecule has 6 nitrogen and oxygen atoms in total. The van der Waals surface area contributed by atoms with Crippen molar-refractivity contribution in [2.45, 2.75) is 25.3 Å². The summed E-state index contributed by atoms with van der Waals surface area (Å²) >= 11 is 0. The molecule has 0 bridgehead atoms. The molecule has 1 fully saturated rings. The zero-order valence-electron chi connectivity index (χ0n) is 15.6. The maximum absolute atomic E-state index is 4.81. The Labute approximate surface area is 163 Å². The van der Waals surface area contributed by atoms with Gasteiger partial charge in [-0.05, 0) is 55.3 Å². The molecular weight excluding hydrogens is 348 g/mol. The first-order valence-electron chi connectivity index (χ1n) is 9.73. The number of aromatic nitrogens is 5. The van der Waals surface area contributed by atoms with Crippen molar-refractivity contribution in [2.75, 3.05) is 13.1 Å². The first kappa shape index (κ1) is 17.0. The van der Waals surface area contributed by atoms with Crippen LogP contribution in [-0.4, -0.2) is 42.6 Å². The van der Waals surface area contributed by atoms with Crippen LogP contribution in [0, 0.1) is 0 Å². The van der Waals surface area contributed by atoms with E-state index in [1.807, 2.05) is 41.4 Å². The summed E-state index contributed by atoms with van der Waals surface area (Å²) in [4.78, 5) is 15.6. The summed E-state index contributed by atoms with van der Waals surface area (Å²) in [6, 6.07) is 12.3. The number of fused-ring (bicyclic) bond motifs is 1. The molecule has 1 saturated heterocycles. The van der Waals surface area contributed by atoms with Gasteiger partial charge in [0.1, 0.15) is 0 Å². The van der Waals surface area contributed by atoms with Gasteiger partial charge in [0, 0.05) is 61.1 Å². The van der Waals surface area contributed by atoms with Gasteiger partial charge < -0.3 is 0 Å². The Morgan fingerprint density at radius 3 is 2.75 bits per heavy atom. The Balaban J connectivity index is 1.36. The molecule has 6 heteroatoms. The van der Waals surface area contributed by atoms with E-state index in [0.29, 0.717) is 5.92 Å². The van der Waals surface area contributed by atoms with Crippen LogP contribution in [0.5, 0.6) is 0 Å². The van der Waals surface area contributed by atoms with E-state index in [0.717, 1.165) is 48.7 Å². The summed E-state index contributed by atoms with van der Waals surface area (Å²) in [5, 5.41) is 4.81. The van der Waals surface area contributed by atoms with E-state index >= 15 is 0 Å². The van der Waals surface area contributed by atoms with Gasteiger partial charge >= 0.3 is 0 Å². The standard InChI is InChI=1S/C22H22N6/c1-3-18(13-24-9-1)19-5-6-21-25-22(26-28(21)16-19)20-4-2-12-27(15-20)14-17-7-10-23-11-8-17/h1,3,5-11,13,16,20H,2,4,12,14-15H2/t20-/m1/s1. The second-order valence-electron chi connectivity index (χ2n) is 7.36. The number of hydrogen-bond donors (Lipinski definition) is 0. The number of rotatable bonds is 4. The molecule has 28 heavy (non-hydrogen) atoms. The Morgan fingerprint density at radius 2 is 1.89 bits per heavy atom. The zero-order valence-corrected chi connectivity index (χ0v) is 15.6. The number of pyridine rings is 3. The van der Waals surface area contributed by atoms with Crippen molar-refractivity contribution in [2.24, 2.45) is 0 Å². The fourth-order valence-electron chi connectivity index (χ4n) is 3.93. The molecule has 4 aromatic heterocycles. The topological polar surface area (TPSA) is 59.2 Å². The lowest BCUT2D eigenvalue weighted by molar-refractivity contribution is 0.196. The predicted molar refractivity (Wildman–Crippen MR) is 108 cm³/mol. The van der Waals surface area contributed by atoms with Gasteiger partial charge in [0.05, 0.1) is 0 Å². The molecule has 0 aliphatic carbocycles. The lowest BCUT2D eigenvalue weighted by Crippen LogP contribution is -2.34. The van der Waals surface area contributed by atoms with Crippen LogP contribution in [0.15, 0.2) is 67.4 Å². The molecular formula is C22H22N6. The minimum Gasteiger partial charge on any atom is -0.298 e. The average molecular weight is 370 g/mol. The van der Waals surface area contributed by atoms with Crippen LogP contribution in [-0.2, 0) is 6.54 Å². The van der Waals surface area contributed by atoms with E-state index in [9.17, 15) is 0 Å². The highest BCUT2D eigenvalue weighted by Crippen LogP contribution is 2.27. The van der Waals surface area contributed by atoms with Crippen molar-refractivity contribution >= 4 is 5.65 Å². The van der Waals surface area contributed by atoms with E-state index in [2.05, 4.69) is 39.1 Å². The van der Waals surface area contributed by atoms with Gasteiger partial charge in [0.2, 0.25) is 0 Å². The van der Waals surface area contributed by atoms with Crippen molar-refractivity contribution in [3.05, 3.63) is 78.8 Å². The van der Waals surface area contributed by atoms with Crippen molar-refractivity contribution in [3.63, 3.8) is 0 Å². The Bertz CT molecular complexity index is 1060. The summed E-state index contributed by atoms with van der Waals surface area (Å²) in [6.45, 7) is 3.07. The molecule has 0 saturated carbocycles. The summed E-state index contributed by atoms with van der Waals surface area (Å²) in [7, 11) is 0. The van der Waals surface area contributed by atoms with Crippen LogP contribution < -0.4 is 0 Å². The van der Waals surface area contributed by atoms with E-state index in [-0.39, 0.29) is 0 Å². The fraction of sp³-hybridized carbons (Fsp3) is 0.273.